The zero-order chi connectivity index (χ0) is 15.6. The van der Waals surface area contributed by atoms with Crippen molar-refractivity contribution < 1.29 is 22.0 Å². The standard InChI is InChI=1S/C13H16F2N2O3S/c1-21(19,20)17-7-3-2-4-12(17)13(18)16-11-8-9(14)5-6-10(11)15/h5-6,8,12H,2-4,7H2,1H3,(H,16,18). The van der Waals surface area contributed by atoms with Crippen molar-refractivity contribution in [1.29, 1.82) is 0 Å². The van der Waals surface area contributed by atoms with Gasteiger partial charge in [0.05, 0.1) is 11.9 Å². The summed E-state index contributed by atoms with van der Waals surface area (Å²) < 4.78 is 51.1. The Bertz CT molecular complexity index is 649. The van der Waals surface area contributed by atoms with Gasteiger partial charge in [-0.2, -0.15) is 4.31 Å². The van der Waals surface area contributed by atoms with Crippen molar-refractivity contribution in [2.45, 2.75) is 25.3 Å². The SMILES string of the molecule is CS(=O)(=O)N1CCCCC1C(=O)Nc1cc(F)ccc1F. The van der Waals surface area contributed by atoms with Gasteiger partial charge in [-0.1, -0.05) is 6.42 Å². The van der Waals surface area contributed by atoms with Gasteiger partial charge in [0, 0.05) is 12.6 Å². The summed E-state index contributed by atoms with van der Waals surface area (Å²) in [6.07, 6.45) is 2.76. The van der Waals surface area contributed by atoms with Crippen LogP contribution in [0.15, 0.2) is 18.2 Å². The minimum atomic E-state index is -3.53. The molecule has 1 fully saturated rings. The summed E-state index contributed by atoms with van der Waals surface area (Å²) in [6, 6.07) is 1.81. The Balaban J connectivity index is 2.20. The van der Waals surface area contributed by atoms with E-state index < -0.39 is 33.6 Å². The van der Waals surface area contributed by atoms with E-state index in [0.717, 1.165) is 28.8 Å². The van der Waals surface area contributed by atoms with Gasteiger partial charge < -0.3 is 5.32 Å². The van der Waals surface area contributed by atoms with Gasteiger partial charge >= 0.3 is 0 Å². The number of halogens is 2. The van der Waals surface area contributed by atoms with E-state index in [-0.39, 0.29) is 12.2 Å². The zero-order valence-electron chi connectivity index (χ0n) is 11.5. The third-order valence-electron chi connectivity index (χ3n) is 3.37. The number of hydrogen-bond donors (Lipinski definition) is 1. The molecule has 1 atom stereocenters. The summed E-state index contributed by atoms with van der Waals surface area (Å²) in [4.78, 5) is 12.2. The van der Waals surface area contributed by atoms with E-state index in [0.29, 0.717) is 19.3 Å². The van der Waals surface area contributed by atoms with Gasteiger partial charge in [-0.15, -0.1) is 0 Å². The average Bonchev–Trinajstić information content (AvgIpc) is 2.42. The van der Waals surface area contributed by atoms with Crippen LogP contribution in [0, 0.1) is 11.6 Å². The zero-order valence-corrected chi connectivity index (χ0v) is 12.3. The summed E-state index contributed by atoms with van der Waals surface area (Å²) in [5.41, 5.74) is -0.293. The van der Waals surface area contributed by atoms with Crippen molar-refractivity contribution in [3.63, 3.8) is 0 Å². The number of piperidine rings is 1. The third-order valence-corrected chi connectivity index (χ3v) is 4.66. The molecule has 0 radical (unpaired) electrons. The molecule has 0 saturated carbocycles. The van der Waals surface area contributed by atoms with Crippen molar-refractivity contribution >= 4 is 21.6 Å². The topological polar surface area (TPSA) is 66.5 Å². The van der Waals surface area contributed by atoms with E-state index in [2.05, 4.69) is 5.32 Å². The quantitative estimate of drug-likeness (QED) is 0.923. The Morgan fingerprint density at radius 2 is 2.05 bits per heavy atom. The fraction of sp³-hybridized carbons (Fsp3) is 0.462. The maximum atomic E-state index is 13.5. The number of carbonyl (C=O) groups excluding carboxylic acids is 1. The predicted molar refractivity (Wildman–Crippen MR) is 74.2 cm³/mol. The molecule has 1 saturated heterocycles. The Labute approximate surface area is 122 Å². The molecular formula is C13H16F2N2O3S. The first-order chi connectivity index (χ1) is 9.79. The van der Waals surface area contributed by atoms with Gasteiger partial charge in [-0.05, 0) is 25.0 Å². The largest absolute Gasteiger partial charge is 0.322 e. The molecule has 0 spiro atoms. The maximum absolute atomic E-state index is 13.5. The van der Waals surface area contributed by atoms with Crippen LogP contribution in [0.1, 0.15) is 19.3 Å². The second-order valence-electron chi connectivity index (χ2n) is 5.00. The van der Waals surface area contributed by atoms with Gasteiger partial charge in [-0.3, -0.25) is 4.79 Å². The minimum absolute atomic E-state index is 0.253. The van der Waals surface area contributed by atoms with Gasteiger partial charge in [0.1, 0.15) is 17.7 Å². The highest BCUT2D eigenvalue weighted by Gasteiger charge is 2.34. The molecule has 2 rings (SSSR count). The molecule has 5 nitrogen and oxygen atoms in total. The lowest BCUT2D eigenvalue weighted by atomic mass is 10.0. The smallest absolute Gasteiger partial charge is 0.242 e. The highest BCUT2D eigenvalue weighted by molar-refractivity contribution is 7.88. The molecule has 1 N–H and O–H groups in total. The van der Waals surface area contributed by atoms with E-state index in [4.69, 9.17) is 0 Å². The van der Waals surface area contributed by atoms with E-state index in [1.54, 1.807) is 0 Å². The number of carbonyl (C=O) groups is 1. The Morgan fingerprint density at radius 3 is 2.71 bits per heavy atom. The summed E-state index contributed by atoms with van der Waals surface area (Å²) in [5.74, 6) is -2.11. The van der Waals surface area contributed by atoms with Crippen LogP contribution in [0.5, 0.6) is 0 Å². The normalized spacial score (nSPS) is 20.2. The van der Waals surface area contributed by atoms with Gasteiger partial charge in [0.25, 0.3) is 0 Å². The molecule has 1 unspecified atom stereocenters. The second kappa shape index (κ2) is 6.07. The molecule has 1 aliphatic rings. The van der Waals surface area contributed by atoms with Crippen LogP contribution in [0.25, 0.3) is 0 Å². The highest BCUT2D eigenvalue weighted by atomic mass is 32.2. The first-order valence-electron chi connectivity index (χ1n) is 6.52. The van der Waals surface area contributed by atoms with Crippen LogP contribution in [0.4, 0.5) is 14.5 Å². The van der Waals surface area contributed by atoms with Crippen LogP contribution < -0.4 is 5.32 Å². The molecule has 1 heterocycles. The molecule has 116 valence electrons. The molecule has 1 aromatic carbocycles. The summed E-state index contributed by atoms with van der Waals surface area (Å²) >= 11 is 0. The third kappa shape index (κ3) is 3.76. The molecule has 21 heavy (non-hydrogen) atoms. The van der Waals surface area contributed by atoms with Crippen molar-refractivity contribution in [3.05, 3.63) is 29.8 Å². The molecule has 0 bridgehead atoms. The number of sulfonamides is 1. The number of rotatable bonds is 3. The minimum Gasteiger partial charge on any atom is -0.322 e. The van der Waals surface area contributed by atoms with Crippen molar-refractivity contribution in [3.8, 4) is 0 Å². The van der Waals surface area contributed by atoms with Crippen LogP contribution in [0.2, 0.25) is 0 Å². The van der Waals surface area contributed by atoms with Crippen molar-refractivity contribution in [1.82, 2.24) is 4.31 Å². The Hall–Kier alpha value is -1.54. The van der Waals surface area contributed by atoms with E-state index in [9.17, 15) is 22.0 Å². The lowest BCUT2D eigenvalue weighted by Crippen LogP contribution is -2.49. The van der Waals surface area contributed by atoms with E-state index in [1.807, 2.05) is 0 Å². The highest BCUT2D eigenvalue weighted by Crippen LogP contribution is 2.22. The first kappa shape index (κ1) is 15.8. The second-order valence-corrected chi connectivity index (χ2v) is 6.93. The fourth-order valence-corrected chi connectivity index (χ4v) is 3.50. The monoisotopic (exact) mass is 318 g/mol. The Kier molecular flexibility index (Phi) is 4.58. The van der Waals surface area contributed by atoms with Crippen LogP contribution >= 0.6 is 0 Å². The van der Waals surface area contributed by atoms with Gasteiger partial charge in [0.15, 0.2) is 0 Å². The van der Waals surface area contributed by atoms with E-state index in [1.165, 1.54) is 0 Å². The first-order valence-corrected chi connectivity index (χ1v) is 8.36. The molecule has 1 aromatic rings. The molecular weight excluding hydrogens is 302 g/mol. The summed E-state index contributed by atoms with van der Waals surface area (Å²) in [6.45, 7) is 0.253. The average molecular weight is 318 g/mol. The number of nitrogens with zero attached hydrogens (tertiary/aromatic N) is 1. The number of nitrogens with one attached hydrogen (secondary N) is 1. The van der Waals surface area contributed by atoms with E-state index >= 15 is 0 Å². The van der Waals surface area contributed by atoms with Crippen molar-refractivity contribution in [2.75, 3.05) is 18.1 Å². The lowest BCUT2D eigenvalue weighted by molar-refractivity contribution is -0.120. The lowest BCUT2D eigenvalue weighted by Gasteiger charge is -2.32. The van der Waals surface area contributed by atoms with Crippen LogP contribution in [0.3, 0.4) is 0 Å². The molecule has 1 aliphatic heterocycles. The van der Waals surface area contributed by atoms with Gasteiger partial charge in [-0.25, -0.2) is 17.2 Å². The fourth-order valence-electron chi connectivity index (χ4n) is 2.37. The number of anilines is 1. The van der Waals surface area contributed by atoms with Crippen LogP contribution in [-0.2, 0) is 14.8 Å². The predicted octanol–water partition coefficient (Wildman–Crippen LogP) is 1.72. The van der Waals surface area contributed by atoms with Crippen LogP contribution in [-0.4, -0.2) is 37.5 Å². The molecule has 0 aromatic heterocycles. The summed E-state index contributed by atoms with van der Waals surface area (Å²) in [5, 5.41) is 2.26. The molecule has 0 aliphatic carbocycles. The molecule has 1 amide bonds. The number of amides is 1. The van der Waals surface area contributed by atoms with Crippen molar-refractivity contribution in [2.24, 2.45) is 0 Å². The van der Waals surface area contributed by atoms with Gasteiger partial charge in [0.2, 0.25) is 15.9 Å². The number of benzene rings is 1. The maximum Gasteiger partial charge on any atom is 0.242 e. The summed E-state index contributed by atoms with van der Waals surface area (Å²) in [7, 11) is -3.53. The number of hydrogen-bond acceptors (Lipinski definition) is 3. The Morgan fingerprint density at radius 1 is 1.33 bits per heavy atom. The molecule has 8 heteroatoms.